The summed E-state index contributed by atoms with van der Waals surface area (Å²) in [7, 11) is 0. The topological polar surface area (TPSA) is 46.3 Å². The average molecular weight is 325 g/mol. The average Bonchev–Trinajstić information content (AvgIpc) is 2.52. The zero-order valence-electron chi connectivity index (χ0n) is 13.8. The predicted octanol–water partition coefficient (Wildman–Crippen LogP) is 3.19. The van der Waals surface area contributed by atoms with Gasteiger partial charge in [0.05, 0.1) is 0 Å². The fourth-order valence-electron chi connectivity index (χ4n) is 3.14. The first kappa shape index (κ1) is 19.0. The van der Waals surface area contributed by atoms with Crippen LogP contribution < -0.4 is 5.73 Å². The van der Waals surface area contributed by atoms with Gasteiger partial charge >= 0.3 is 0 Å². The van der Waals surface area contributed by atoms with E-state index in [2.05, 4.69) is 38.1 Å². The molecule has 1 saturated heterocycles. The van der Waals surface area contributed by atoms with Crippen molar-refractivity contribution in [3.8, 4) is 0 Å². The van der Waals surface area contributed by atoms with Gasteiger partial charge in [-0.2, -0.15) is 0 Å². The Balaban J connectivity index is 0.00000242. The van der Waals surface area contributed by atoms with Crippen molar-refractivity contribution >= 4 is 18.3 Å². The maximum absolute atomic E-state index is 12.4. The Morgan fingerprint density at radius 2 is 1.91 bits per heavy atom. The summed E-state index contributed by atoms with van der Waals surface area (Å²) >= 11 is 0. The Labute approximate surface area is 140 Å². The Morgan fingerprint density at radius 3 is 2.50 bits per heavy atom. The molecule has 1 fully saturated rings. The second-order valence-electron chi connectivity index (χ2n) is 6.28. The van der Waals surface area contributed by atoms with Crippen molar-refractivity contribution in [1.82, 2.24) is 4.90 Å². The molecule has 0 aliphatic carbocycles. The number of nitrogens with zero attached hydrogens (tertiary/aromatic N) is 1. The summed E-state index contributed by atoms with van der Waals surface area (Å²) in [6.07, 6.45) is 4.63. The minimum absolute atomic E-state index is 0. The molecule has 2 rings (SSSR count). The molecule has 0 bridgehead atoms. The van der Waals surface area contributed by atoms with E-state index in [0.29, 0.717) is 18.9 Å². The predicted molar refractivity (Wildman–Crippen MR) is 94.3 cm³/mol. The van der Waals surface area contributed by atoms with Gasteiger partial charge in [0.25, 0.3) is 0 Å². The van der Waals surface area contributed by atoms with Crippen molar-refractivity contribution in [2.24, 2.45) is 11.7 Å². The molecular weight excluding hydrogens is 296 g/mol. The van der Waals surface area contributed by atoms with E-state index in [1.165, 1.54) is 11.1 Å². The summed E-state index contributed by atoms with van der Waals surface area (Å²) in [6.45, 7) is 5.86. The van der Waals surface area contributed by atoms with Crippen molar-refractivity contribution in [1.29, 1.82) is 0 Å². The largest absolute Gasteiger partial charge is 0.338 e. The Hall–Kier alpha value is -1.06. The first-order valence-electron chi connectivity index (χ1n) is 8.21. The minimum Gasteiger partial charge on any atom is -0.338 e. The number of carbonyl (C=O) groups excluding carboxylic acids is 1. The molecule has 0 radical (unpaired) electrons. The van der Waals surface area contributed by atoms with E-state index < -0.39 is 0 Å². The zero-order chi connectivity index (χ0) is 15.2. The van der Waals surface area contributed by atoms with Gasteiger partial charge in [-0.15, -0.1) is 12.4 Å². The third-order valence-electron chi connectivity index (χ3n) is 4.63. The molecule has 1 heterocycles. The van der Waals surface area contributed by atoms with Crippen LogP contribution >= 0.6 is 12.4 Å². The van der Waals surface area contributed by atoms with E-state index in [9.17, 15) is 4.79 Å². The van der Waals surface area contributed by atoms with Crippen molar-refractivity contribution < 1.29 is 4.79 Å². The third-order valence-corrected chi connectivity index (χ3v) is 4.63. The van der Waals surface area contributed by atoms with E-state index >= 15 is 0 Å². The Kier molecular flexibility index (Phi) is 7.91. The number of hydrogen-bond acceptors (Lipinski definition) is 2. The fourth-order valence-corrected chi connectivity index (χ4v) is 3.14. The molecule has 1 aromatic carbocycles. The summed E-state index contributed by atoms with van der Waals surface area (Å²) in [5.74, 6) is 0.945. The lowest BCUT2D eigenvalue weighted by molar-refractivity contribution is -0.135. The number of rotatable bonds is 5. The van der Waals surface area contributed by atoms with Gasteiger partial charge in [-0.3, -0.25) is 4.79 Å². The molecule has 2 unspecified atom stereocenters. The van der Waals surface area contributed by atoms with Gasteiger partial charge in [0, 0.05) is 25.6 Å². The van der Waals surface area contributed by atoms with Gasteiger partial charge < -0.3 is 10.6 Å². The molecule has 1 aliphatic rings. The van der Waals surface area contributed by atoms with Gasteiger partial charge in [0.1, 0.15) is 0 Å². The summed E-state index contributed by atoms with van der Waals surface area (Å²) in [5, 5.41) is 0. The lowest BCUT2D eigenvalue weighted by atomic mass is 9.92. The highest BCUT2D eigenvalue weighted by Crippen LogP contribution is 2.23. The van der Waals surface area contributed by atoms with Crippen LogP contribution in [0.3, 0.4) is 0 Å². The number of nitrogens with two attached hydrogens (primary N) is 1. The molecule has 1 aromatic rings. The normalized spacial score (nSPS) is 21.3. The molecular formula is C18H29ClN2O. The van der Waals surface area contributed by atoms with Crippen LogP contribution in [-0.2, 0) is 17.6 Å². The molecule has 22 heavy (non-hydrogen) atoms. The second-order valence-corrected chi connectivity index (χ2v) is 6.28. The van der Waals surface area contributed by atoms with Crippen molar-refractivity contribution in [2.45, 2.75) is 52.0 Å². The quantitative estimate of drug-likeness (QED) is 0.904. The van der Waals surface area contributed by atoms with Crippen molar-refractivity contribution in [3.05, 3.63) is 35.4 Å². The number of likely N-dealkylation sites (tertiary alicyclic amines) is 1. The molecule has 2 atom stereocenters. The second kappa shape index (κ2) is 9.16. The number of piperidine rings is 1. The lowest BCUT2D eigenvalue weighted by Gasteiger charge is -2.38. The molecule has 1 amide bonds. The molecule has 2 N–H and O–H groups in total. The third kappa shape index (κ3) is 4.99. The van der Waals surface area contributed by atoms with Crippen LogP contribution in [0.15, 0.2) is 24.3 Å². The van der Waals surface area contributed by atoms with Crippen LogP contribution in [-0.4, -0.2) is 29.9 Å². The van der Waals surface area contributed by atoms with Crippen LogP contribution in [0.1, 0.15) is 44.2 Å². The molecule has 0 spiro atoms. The van der Waals surface area contributed by atoms with Gasteiger partial charge in [-0.05, 0) is 42.7 Å². The summed E-state index contributed by atoms with van der Waals surface area (Å²) in [4.78, 5) is 14.5. The summed E-state index contributed by atoms with van der Waals surface area (Å²) < 4.78 is 0. The van der Waals surface area contributed by atoms with Crippen molar-refractivity contribution in [2.75, 3.05) is 13.1 Å². The van der Waals surface area contributed by atoms with Crippen LogP contribution in [0.25, 0.3) is 0 Å². The maximum Gasteiger partial charge on any atom is 0.223 e. The maximum atomic E-state index is 12.4. The van der Waals surface area contributed by atoms with Crippen LogP contribution in [0.5, 0.6) is 0 Å². The van der Waals surface area contributed by atoms with E-state index in [0.717, 1.165) is 32.2 Å². The minimum atomic E-state index is 0. The first-order valence-corrected chi connectivity index (χ1v) is 8.21. The highest BCUT2D eigenvalue weighted by Gasteiger charge is 2.28. The number of halogens is 1. The first-order chi connectivity index (χ1) is 10.1. The number of benzene rings is 1. The smallest absolute Gasteiger partial charge is 0.223 e. The van der Waals surface area contributed by atoms with Gasteiger partial charge in [-0.1, -0.05) is 38.1 Å². The monoisotopic (exact) mass is 324 g/mol. The highest BCUT2D eigenvalue weighted by atomic mass is 35.5. The van der Waals surface area contributed by atoms with E-state index in [1.807, 2.05) is 4.90 Å². The Bertz CT molecular complexity index is 461. The summed E-state index contributed by atoms with van der Waals surface area (Å²) in [6, 6.07) is 8.84. The lowest BCUT2D eigenvalue weighted by Crippen LogP contribution is -2.49. The number of hydrogen-bond donors (Lipinski definition) is 1. The molecule has 3 nitrogen and oxygen atoms in total. The van der Waals surface area contributed by atoms with Gasteiger partial charge in [0.2, 0.25) is 5.91 Å². The zero-order valence-corrected chi connectivity index (χ0v) is 14.6. The summed E-state index contributed by atoms with van der Waals surface area (Å²) in [5.41, 5.74) is 8.43. The van der Waals surface area contributed by atoms with Crippen molar-refractivity contribution in [3.63, 3.8) is 0 Å². The van der Waals surface area contributed by atoms with Crippen LogP contribution in [0.4, 0.5) is 0 Å². The highest BCUT2D eigenvalue weighted by molar-refractivity contribution is 5.85. The molecule has 4 heteroatoms. The van der Waals surface area contributed by atoms with E-state index in [-0.39, 0.29) is 24.4 Å². The standard InChI is InChI=1S/C18H28N2O.ClH/c1-3-15-4-6-16(7-5-15)8-9-18(21)20-11-10-14(2)12-17(20)13-19;/h4-7,14,17H,3,8-13,19H2,1-2H3;1H. The van der Waals surface area contributed by atoms with E-state index in [4.69, 9.17) is 5.73 Å². The van der Waals surface area contributed by atoms with Gasteiger partial charge in [-0.25, -0.2) is 0 Å². The SMILES string of the molecule is CCc1ccc(CCC(=O)N2CCC(C)CC2CN)cc1.Cl. The van der Waals surface area contributed by atoms with Crippen LogP contribution in [0, 0.1) is 5.92 Å². The number of aryl methyl sites for hydroxylation is 2. The number of carbonyl (C=O) groups is 1. The van der Waals surface area contributed by atoms with Gasteiger partial charge in [0.15, 0.2) is 0 Å². The molecule has 124 valence electrons. The molecule has 0 aromatic heterocycles. The van der Waals surface area contributed by atoms with E-state index in [1.54, 1.807) is 0 Å². The van der Waals surface area contributed by atoms with Crippen LogP contribution in [0.2, 0.25) is 0 Å². The fraction of sp³-hybridized carbons (Fsp3) is 0.611. The number of amides is 1. The molecule has 0 saturated carbocycles. The Morgan fingerprint density at radius 1 is 1.27 bits per heavy atom. The molecule has 1 aliphatic heterocycles.